The van der Waals surface area contributed by atoms with Crippen LogP contribution in [-0.2, 0) is 4.79 Å². The number of benzene rings is 1. The van der Waals surface area contributed by atoms with Crippen LogP contribution in [0.1, 0.15) is 6.92 Å². The molecule has 0 aliphatic rings. The van der Waals surface area contributed by atoms with E-state index >= 15 is 0 Å². The van der Waals surface area contributed by atoms with Crippen LogP contribution in [0.25, 0.3) is 0 Å². The highest BCUT2D eigenvalue weighted by molar-refractivity contribution is 7.99. The molecule has 0 aliphatic carbocycles. The van der Waals surface area contributed by atoms with Crippen molar-refractivity contribution in [3.8, 4) is 0 Å². The van der Waals surface area contributed by atoms with Gasteiger partial charge in [0.1, 0.15) is 10.2 Å². The third-order valence-corrected chi connectivity index (χ3v) is 3.48. The van der Waals surface area contributed by atoms with Crippen LogP contribution in [-0.4, -0.2) is 10.9 Å². The number of nitrogens with zero attached hydrogens (tertiary/aromatic N) is 1. The van der Waals surface area contributed by atoms with Gasteiger partial charge in [0.2, 0.25) is 5.91 Å². The SMILES string of the molecule is CC(=O)Nc1ccc(Sc2nc(Cl)ccc2N)cc1. The Morgan fingerprint density at radius 1 is 1.26 bits per heavy atom. The molecular formula is C13H12ClN3OS. The van der Waals surface area contributed by atoms with Gasteiger partial charge in [-0.25, -0.2) is 4.98 Å². The molecule has 1 heterocycles. The third kappa shape index (κ3) is 3.87. The predicted octanol–water partition coefficient (Wildman–Crippen LogP) is 3.43. The van der Waals surface area contributed by atoms with Crippen LogP contribution in [0.5, 0.6) is 0 Å². The first-order valence-corrected chi connectivity index (χ1v) is 6.71. The number of hydrogen-bond acceptors (Lipinski definition) is 4. The Morgan fingerprint density at radius 2 is 1.95 bits per heavy atom. The average Bonchev–Trinajstić information content (AvgIpc) is 2.35. The number of carbonyl (C=O) groups is 1. The number of anilines is 2. The topological polar surface area (TPSA) is 68.0 Å². The van der Waals surface area contributed by atoms with Crippen molar-refractivity contribution in [2.75, 3.05) is 11.1 Å². The van der Waals surface area contributed by atoms with Gasteiger partial charge >= 0.3 is 0 Å². The Morgan fingerprint density at radius 3 is 2.58 bits per heavy atom. The number of carbonyl (C=O) groups excluding carboxylic acids is 1. The van der Waals surface area contributed by atoms with E-state index in [1.165, 1.54) is 18.7 Å². The summed E-state index contributed by atoms with van der Waals surface area (Å²) in [6, 6.07) is 10.8. The minimum atomic E-state index is -0.0962. The molecule has 1 amide bonds. The lowest BCUT2D eigenvalue weighted by molar-refractivity contribution is -0.114. The normalized spacial score (nSPS) is 10.2. The molecule has 98 valence electrons. The molecule has 4 nitrogen and oxygen atoms in total. The van der Waals surface area contributed by atoms with Gasteiger partial charge in [-0.15, -0.1) is 0 Å². The van der Waals surface area contributed by atoms with Crippen molar-refractivity contribution >= 4 is 40.6 Å². The van der Waals surface area contributed by atoms with E-state index in [4.69, 9.17) is 17.3 Å². The zero-order valence-corrected chi connectivity index (χ0v) is 11.8. The first-order chi connectivity index (χ1) is 9.04. The van der Waals surface area contributed by atoms with Crippen molar-refractivity contribution in [3.05, 3.63) is 41.6 Å². The van der Waals surface area contributed by atoms with Crippen molar-refractivity contribution in [2.45, 2.75) is 16.8 Å². The number of nitrogens with one attached hydrogen (secondary N) is 1. The summed E-state index contributed by atoms with van der Waals surface area (Å²) in [5, 5.41) is 3.78. The number of rotatable bonds is 3. The molecule has 2 rings (SSSR count). The van der Waals surface area contributed by atoms with E-state index in [-0.39, 0.29) is 5.91 Å². The van der Waals surface area contributed by atoms with Gasteiger partial charge in [0.05, 0.1) is 5.69 Å². The molecule has 0 unspecified atom stereocenters. The highest BCUT2D eigenvalue weighted by Crippen LogP contribution is 2.31. The van der Waals surface area contributed by atoms with Crippen molar-refractivity contribution in [1.82, 2.24) is 4.98 Å². The predicted molar refractivity (Wildman–Crippen MR) is 78.5 cm³/mol. The van der Waals surface area contributed by atoms with Crippen LogP contribution >= 0.6 is 23.4 Å². The lowest BCUT2D eigenvalue weighted by Gasteiger charge is -2.06. The quantitative estimate of drug-likeness (QED) is 0.851. The van der Waals surface area contributed by atoms with Gasteiger partial charge in [0, 0.05) is 17.5 Å². The summed E-state index contributed by atoms with van der Waals surface area (Å²) in [5.41, 5.74) is 7.17. The number of hydrogen-bond donors (Lipinski definition) is 2. The molecule has 0 spiro atoms. The summed E-state index contributed by atoms with van der Waals surface area (Å²) in [6.07, 6.45) is 0. The zero-order chi connectivity index (χ0) is 13.8. The summed E-state index contributed by atoms with van der Waals surface area (Å²) in [7, 11) is 0. The van der Waals surface area contributed by atoms with Crippen molar-refractivity contribution in [1.29, 1.82) is 0 Å². The largest absolute Gasteiger partial charge is 0.397 e. The molecule has 0 aliphatic heterocycles. The molecule has 3 N–H and O–H groups in total. The van der Waals surface area contributed by atoms with Crippen molar-refractivity contribution in [3.63, 3.8) is 0 Å². The zero-order valence-electron chi connectivity index (χ0n) is 10.2. The van der Waals surface area contributed by atoms with Crippen LogP contribution in [0.2, 0.25) is 5.15 Å². The smallest absolute Gasteiger partial charge is 0.221 e. The van der Waals surface area contributed by atoms with Gasteiger partial charge in [-0.05, 0) is 36.4 Å². The van der Waals surface area contributed by atoms with E-state index in [0.717, 1.165) is 10.6 Å². The lowest BCUT2D eigenvalue weighted by Crippen LogP contribution is -2.05. The second kappa shape index (κ2) is 5.95. The molecular weight excluding hydrogens is 282 g/mol. The molecule has 6 heteroatoms. The van der Waals surface area contributed by atoms with Crippen LogP contribution in [0, 0.1) is 0 Å². The fourth-order valence-electron chi connectivity index (χ4n) is 1.43. The van der Waals surface area contributed by atoms with E-state index in [9.17, 15) is 4.79 Å². The van der Waals surface area contributed by atoms with E-state index in [1.807, 2.05) is 24.3 Å². The monoisotopic (exact) mass is 293 g/mol. The molecule has 0 atom stereocenters. The van der Waals surface area contributed by atoms with E-state index in [0.29, 0.717) is 15.9 Å². The standard InChI is InChI=1S/C13H12ClN3OS/c1-8(18)16-9-2-4-10(5-3-9)19-13-11(15)6-7-12(14)17-13/h2-7H,15H2,1H3,(H,16,18). The van der Waals surface area contributed by atoms with Crippen molar-refractivity contribution in [2.24, 2.45) is 0 Å². The van der Waals surface area contributed by atoms with Gasteiger partial charge < -0.3 is 11.1 Å². The second-order valence-electron chi connectivity index (χ2n) is 3.84. The van der Waals surface area contributed by atoms with E-state index < -0.39 is 0 Å². The van der Waals surface area contributed by atoms with Crippen LogP contribution in [0.4, 0.5) is 11.4 Å². The number of amides is 1. The first-order valence-electron chi connectivity index (χ1n) is 5.52. The number of nitrogens with two attached hydrogens (primary N) is 1. The Kier molecular flexibility index (Phi) is 4.29. The molecule has 0 bridgehead atoms. The molecule has 1 aromatic carbocycles. The number of pyridine rings is 1. The number of aromatic nitrogens is 1. The Hall–Kier alpha value is -1.72. The molecule has 0 saturated carbocycles. The fraction of sp³-hybridized carbons (Fsp3) is 0.0769. The average molecular weight is 294 g/mol. The van der Waals surface area contributed by atoms with Gasteiger partial charge in [0.15, 0.2) is 0 Å². The lowest BCUT2D eigenvalue weighted by atomic mass is 10.3. The third-order valence-electron chi connectivity index (χ3n) is 2.24. The Balaban J connectivity index is 2.15. The van der Waals surface area contributed by atoms with Crippen molar-refractivity contribution < 1.29 is 4.79 Å². The maximum Gasteiger partial charge on any atom is 0.221 e. The first kappa shape index (κ1) is 13.7. The van der Waals surface area contributed by atoms with Gasteiger partial charge in [0.25, 0.3) is 0 Å². The number of nitrogen functional groups attached to an aromatic ring is 1. The molecule has 0 saturated heterocycles. The summed E-state index contributed by atoms with van der Waals surface area (Å²) >= 11 is 7.26. The minimum Gasteiger partial charge on any atom is -0.397 e. The molecule has 19 heavy (non-hydrogen) atoms. The molecule has 0 fully saturated rings. The van der Waals surface area contributed by atoms with Gasteiger partial charge in [-0.3, -0.25) is 4.79 Å². The van der Waals surface area contributed by atoms with E-state index in [1.54, 1.807) is 12.1 Å². The van der Waals surface area contributed by atoms with Crippen LogP contribution in [0.15, 0.2) is 46.3 Å². The fourth-order valence-corrected chi connectivity index (χ4v) is 2.45. The molecule has 0 radical (unpaired) electrons. The van der Waals surface area contributed by atoms with Gasteiger partial charge in [-0.1, -0.05) is 23.4 Å². The minimum absolute atomic E-state index is 0.0962. The summed E-state index contributed by atoms with van der Waals surface area (Å²) in [5.74, 6) is -0.0962. The summed E-state index contributed by atoms with van der Waals surface area (Å²) < 4.78 is 0. The maximum atomic E-state index is 10.9. The Labute approximate surface area is 120 Å². The molecule has 2 aromatic rings. The molecule has 1 aromatic heterocycles. The van der Waals surface area contributed by atoms with E-state index in [2.05, 4.69) is 10.3 Å². The number of halogens is 1. The Bertz CT molecular complexity index is 601. The van der Waals surface area contributed by atoms with Crippen LogP contribution < -0.4 is 11.1 Å². The highest BCUT2D eigenvalue weighted by atomic mass is 35.5. The summed E-state index contributed by atoms with van der Waals surface area (Å²) in [6.45, 7) is 1.47. The maximum absolute atomic E-state index is 10.9. The highest BCUT2D eigenvalue weighted by Gasteiger charge is 2.05. The summed E-state index contributed by atoms with van der Waals surface area (Å²) in [4.78, 5) is 16.1. The van der Waals surface area contributed by atoms with Crippen LogP contribution in [0.3, 0.4) is 0 Å². The van der Waals surface area contributed by atoms with Gasteiger partial charge in [-0.2, -0.15) is 0 Å². The second-order valence-corrected chi connectivity index (χ2v) is 5.29.